The average molecular weight is 325 g/mol. The Morgan fingerprint density at radius 1 is 1.17 bits per heavy atom. The molecule has 0 saturated carbocycles. The topological polar surface area (TPSA) is 55.8 Å². The van der Waals surface area contributed by atoms with Gasteiger partial charge in [0.1, 0.15) is 12.4 Å². The summed E-state index contributed by atoms with van der Waals surface area (Å²) >= 11 is 0. The number of benzene rings is 2. The van der Waals surface area contributed by atoms with Crippen LogP contribution < -0.4 is 9.64 Å². The quantitative estimate of drug-likeness (QED) is 0.861. The van der Waals surface area contributed by atoms with E-state index in [1.807, 2.05) is 30.3 Å². The Morgan fingerprint density at radius 2 is 1.96 bits per heavy atom. The Morgan fingerprint density at radius 3 is 2.71 bits per heavy atom. The number of methoxy groups -OCH3 is 1. The number of rotatable bonds is 3. The summed E-state index contributed by atoms with van der Waals surface area (Å²) in [5.74, 6) is 0.615. The molecule has 0 aliphatic carbocycles. The SMILES string of the molecule is COc1ccc2c(c1)C(=O)CCCN2C(=O)OCc1ccccc1. The van der Waals surface area contributed by atoms with Gasteiger partial charge in [-0.05, 0) is 30.2 Å². The maximum Gasteiger partial charge on any atom is 0.414 e. The van der Waals surface area contributed by atoms with Crippen LogP contribution in [0.5, 0.6) is 5.75 Å². The molecule has 2 aromatic carbocycles. The van der Waals surface area contributed by atoms with Crippen LogP contribution in [0, 0.1) is 0 Å². The molecule has 3 rings (SSSR count). The molecule has 0 fully saturated rings. The summed E-state index contributed by atoms with van der Waals surface area (Å²) in [5, 5.41) is 0. The van der Waals surface area contributed by atoms with Gasteiger partial charge in [0.2, 0.25) is 0 Å². The minimum Gasteiger partial charge on any atom is -0.497 e. The van der Waals surface area contributed by atoms with E-state index < -0.39 is 6.09 Å². The summed E-state index contributed by atoms with van der Waals surface area (Å²) in [6.07, 6.45) is 0.568. The van der Waals surface area contributed by atoms with Crippen LogP contribution in [0.1, 0.15) is 28.8 Å². The van der Waals surface area contributed by atoms with E-state index in [1.165, 1.54) is 4.90 Å². The van der Waals surface area contributed by atoms with Crippen molar-refractivity contribution in [1.82, 2.24) is 0 Å². The Hall–Kier alpha value is -2.82. The summed E-state index contributed by atoms with van der Waals surface area (Å²) < 4.78 is 10.6. The van der Waals surface area contributed by atoms with Crippen molar-refractivity contribution in [2.24, 2.45) is 0 Å². The fourth-order valence-corrected chi connectivity index (χ4v) is 2.74. The van der Waals surface area contributed by atoms with Gasteiger partial charge in [0.25, 0.3) is 0 Å². The Balaban J connectivity index is 1.81. The molecule has 1 aliphatic heterocycles. The van der Waals surface area contributed by atoms with Crippen molar-refractivity contribution >= 4 is 17.6 Å². The fraction of sp³-hybridized carbons (Fsp3) is 0.263. The zero-order valence-electron chi connectivity index (χ0n) is 13.5. The molecule has 0 atom stereocenters. The van der Waals surface area contributed by atoms with Crippen LogP contribution in [-0.2, 0) is 11.3 Å². The standard InChI is InChI=1S/C19H19NO4/c1-23-15-9-10-17-16(12-15)18(21)8-5-11-20(17)19(22)24-13-14-6-3-2-4-7-14/h2-4,6-7,9-10,12H,5,8,11,13H2,1H3. The smallest absolute Gasteiger partial charge is 0.414 e. The molecule has 24 heavy (non-hydrogen) atoms. The third kappa shape index (κ3) is 3.40. The van der Waals surface area contributed by atoms with E-state index in [9.17, 15) is 9.59 Å². The molecule has 0 aromatic heterocycles. The summed E-state index contributed by atoms with van der Waals surface area (Å²) in [7, 11) is 1.55. The number of ketones is 1. The lowest BCUT2D eigenvalue weighted by Gasteiger charge is -2.22. The third-order valence-corrected chi connectivity index (χ3v) is 4.01. The lowest BCUT2D eigenvalue weighted by atomic mass is 10.1. The number of ether oxygens (including phenoxy) is 2. The minimum absolute atomic E-state index is 0.0160. The molecule has 124 valence electrons. The second kappa shape index (κ2) is 7.17. The van der Waals surface area contributed by atoms with Crippen LogP contribution >= 0.6 is 0 Å². The van der Waals surface area contributed by atoms with Gasteiger partial charge < -0.3 is 9.47 Å². The fourth-order valence-electron chi connectivity index (χ4n) is 2.74. The normalized spacial score (nSPS) is 13.9. The van der Waals surface area contributed by atoms with Crippen molar-refractivity contribution in [3.05, 3.63) is 59.7 Å². The van der Waals surface area contributed by atoms with E-state index >= 15 is 0 Å². The zero-order valence-corrected chi connectivity index (χ0v) is 13.5. The van der Waals surface area contributed by atoms with Crippen molar-refractivity contribution in [2.45, 2.75) is 19.4 Å². The van der Waals surface area contributed by atoms with E-state index in [0.717, 1.165) is 5.56 Å². The largest absolute Gasteiger partial charge is 0.497 e. The predicted molar refractivity (Wildman–Crippen MR) is 90.5 cm³/mol. The molecule has 1 amide bonds. The van der Waals surface area contributed by atoms with Crippen LogP contribution in [0.25, 0.3) is 0 Å². The lowest BCUT2D eigenvalue weighted by Crippen LogP contribution is -2.32. The van der Waals surface area contributed by atoms with Gasteiger partial charge in [-0.15, -0.1) is 0 Å². The maximum absolute atomic E-state index is 12.5. The number of Topliss-reactive ketones (excluding diaryl/α,β-unsaturated/α-hetero) is 1. The minimum atomic E-state index is -0.444. The van der Waals surface area contributed by atoms with Gasteiger partial charge in [-0.25, -0.2) is 4.79 Å². The van der Waals surface area contributed by atoms with Crippen molar-refractivity contribution in [1.29, 1.82) is 0 Å². The van der Waals surface area contributed by atoms with Gasteiger partial charge >= 0.3 is 6.09 Å². The van der Waals surface area contributed by atoms with Gasteiger partial charge in [-0.1, -0.05) is 30.3 Å². The van der Waals surface area contributed by atoms with Crippen molar-refractivity contribution in [3.8, 4) is 5.75 Å². The van der Waals surface area contributed by atoms with Crippen LogP contribution in [0.15, 0.2) is 48.5 Å². The number of nitrogens with zero attached hydrogens (tertiary/aromatic N) is 1. The monoisotopic (exact) mass is 325 g/mol. The molecule has 0 saturated heterocycles. The maximum atomic E-state index is 12.5. The van der Waals surface area contributed by atoms with Crippen LogP contribution in [0.2, 0.25) is 0 Å². The number of carbonyl (C=O) groups is 2. The first-order valence-corrected chi connectivity index (χ1v) is 7.88. The van der Waals surface area contributed by atoms with Crippen LogP contribution in [0.3, 0.4) is 0 Å². The Labute approximate surface area is 140 Å². The van der Waals surface area contributed by atoms with Crippen molar-refractivity contribution in [2.75, 3.05) is 18.6 Å². The second-order valence-electron chi connectivity index (χ2n) is 5.60. The highest BCUT2D eigenvalue weighted by molar-refractivity contribution is 6.05. The predicted octanol–water partition coefficient (Wildman–Crippen LogP) is 3.81. The molecule has 1 aliphatic rings. The highest BCUT2D eigenvalue weighted by Crippen LogP contribution is 2.30. The van der Waals surface area contributed by atoms with Gasteiger partial charge in [-0.2, -0.15) is 0 Å². The highest BCUT2D eigenvalue weighted by Gasteiger charge is 2.26. The Kier molecular flexibility index (Phi) is 4.79. The molecule has 0 N–H and O–H groups in total. The Bertz CT molecular complexity index is 742. The number of amides is 1. The number of hydrogen-bond donors (Lipinski definition) is 0. The summed E-state index contributed by atoms with van der Waals surface area (Å²) in [6.45, 7) is 0.661. The third-order valence-electron chi connectivity index (χ3n) is 4.01. The average Bonchev–Trinajstić information content (AvgIpc) is 2.79. The molecule has 0 unspecified atom stereocenters. The number of carbonyl (C=O) groups excluding carboxylic acids is 2. The van der Waals surface area contributed by atoms with Crippen LogP contribution in [-0.4, -0.2) is 25.5 Å². The molecule has 2 aromatic rings. The lowest BCUT2D eigenvalue weighted by molar-refractivity contribution is 0.0983. The van der Waals surface area contributed by atoms with Crippen molar-refractivity contribution < 1.29 is 19.1 Å². The van der Waals surface area contributed by atoms with E-state index in [0.29, 0.717) is 36.4 Å². The van der Waals surface area contributed by atoms with E-state index in [1.54, 1.807) is 25.3 Å². The molecule has 1 heterocycles. The summed E-state index contributed by atoms with van der Waals surface area (Å²) in [6, 6.07) is 14.7. The highest BCUT2D eigenvalue weighted by atomic mass is 16.6. The first kappa shape index (κ1) is 16.1. The molecular weight excluding hydrogens is 306 g/mol. The van der Waals surface area contributed by atoms with E-state index in [-0.39, 0.29) is 12.4 Å². The molecule has 0 bridgehead atoms. The van der Waals surface area contributed by atoms with Gasteiger partial charge in [-0.3, -0.25) is 9.69 Å². The molecular formula is C19H19NO4. The first-order valence-electron chi connectivity index (χ1n) is 7.88. The molecule has 0 spiro atoms. The van der Waals surface area contributed by atoms with Gasteiger partial charge in [0.05, 0.1) is 12.8 Å². The summed E-state index contributed by atoms with van der Waals surface area (Å²) in [4.78, 5) is 26.3. The van der Waals surface area contributed by atoms with Gasteiger partial charge in [0.15, 0.2) is 5.78 Å². The number of hydrogen-bond acceptors (Lipinski definition) is 4. The van der Waals surface area contributed by atoms with Crippen LogP contribution in [0.4, 0.5) is 10.5 Å². The molecule has 5 nitrogen and oxygen atoms in total. The van der Waals surface area contributed by atoms with E-state index in [4.69, 9.17) is 9.47 Å². The zero-order chi connectivity index (χ0) is 16.9. The molecule has 5 heteroatoms. The number of anilines is 1. The number of fused-ring (bicyclic) bond motifs is 1. The van der Waals surface area contributed by atoms with E-state index in [2.05, 4.69) is 0 Å². The summed E-state index contributed by atoms with van der Waals surface area (Å²) in [5.41, 5.74) is 2.01. The van der Waals surface area contributed by atoms with Crippen molar-refractivity contribution in [3.63, 3.8) is 0 Å². The second-order valence-corrected chi connectivity index (χ2v) is 5.60. The first-order chi connectivity index (χ1) is 11.7. The van der Waals surface area contributed by atoms with Gasteiger partial charge in [0, 0.05) is 18.5 Å². The molecule has 0 radical (unpaired) electrons.